The highest BCUT2D eigenvalue weighted by atomic mass is 16.2. The van der Waals surface area contributed by atoms with Gasteiger partial charge in [-0.25, -0.2) is 9.97 Å². The second-order valence-electron chi connectivity index (χ2n) is 4.97. The molecule has 0 aromatic carbocycles. The maximum atomic E-state index is 12.3. The highest BCUT2D eigenvalue weighted by Gasteiger charge is 2.20. The zero-order valence-electron chi connectivity index (χ0n) is 12.1. The second-order valence-corrected chi connectivity index (χ2v) is 4.97. The molecule has 0 aliphatic rings. The normalized spacial score (nSPS) is 12.0. The molecule has 116 valence electrons. The molecule has 0 radical (unpaired) electrons. The van der Waals surface area contributed by atoms with Crippen molar-refractivity contribution < 1.29 is 9.59 Å². The van der Waals surface area contributed by atoms with Crippen molar-refractivity contribution in [2.45, 2.75) is 12.5 Å². The van der Waals surface area contributed by atoms with Crippen molar-refractivity contribution in [2.24, 2.45) is 5.73 Å². The minimum Gasteiger partial charge on any atom is -0.368 e. The summed E-state index contributed by atoms with van der Waals surface area (Å²) in [5.41, 5.74) is 6.91. The van der Waals surface area contributed by atoms with E-state index < -0.39 is 17.9 Å². The van der Waals surface area contributed by atoms with Crippen LogP contribution in [0.1, 0.15) is 16.2 Å². The third-order valence-electron chi connectivity index (χ3n) is 3.35. The van der Waals surface area contributed by atoms with Crippen molar-refractivity contribution in [3.8, 4) is 0 Å². The number of hydrogen-bond donors (Lipinski definition) is 3. The highest BCUT2D eigenvalue weighted by molar-refractivity contribution is 5.97. The van der Waals surface area contributed by atoms with Gasteiger partial charge in [0.05, 0.1) is 11.8 Å². The van der Waals surface area contributed by atoms with Crippen LogP contribution in [0.2, 0.25) is 0 Å². The number of imidazole rings is 1. The molecule has 0 aliphatic heterocycles. The van der Waals surface area contributed by atoms with Crippen LogP contribution < -0.4 is 11.1 Å². The number of hydrogen-bond acceptors (Lipinski definition) is 5. The molecule has 4 N–H and O–H groups in total. The van der Waals surface area contributed by atoms with Gasteiger partial charge in [-0.15, -0.1) is 0 Å². The number of carbonyl (C=O) groups is 2. The lowest BCUT2D eigenvalue weighted by molar-refractivity contribution is -0.119. The van der Waals surface area contributed by atoms with Gasteiger partial charge < -0.3 is 16.0 Å². The average molecular weight is 310 g/mol. The number of nitrogens with zero attached hydrogens (tertiary/aromatic N) is 3. The topological polar surface area (TPSA) is 127 Å². The number of fused-ring (bicyclic) bond motifs is 1. The first-order valence-electron chi connectivity index (χ1n) is 6.91. The van der Waals surface area contributed by atoms with E-state index in [-0.39, 0.29) is 12.1 Å². The molecular formula is C15H14N6O2. The van der Waals surface area contributed by atoms with E-state index in [1.807, 2.05) is 0 Å². The first kappa shape index (κ1) is 14.6. The molecule has 3 rings (SSSR count). The third kappa shape index (κ3) is 3.31. The summed E-state index contributed by atoms with van der Waals surface area (Å²) >= 11 is 0. The number of amides is 2. The van der Waals surface area contributed by atoms with Gasteiger partial charge in [-0.1, -0.05) is 0 Å². The number of pyridine rings is 2. The lowest BCUT2D eigenvalue weighted by Crippen LogP contribution is -2.46. The molecule has 8 nitrogen and oxygen atoms in total. The molecule has 3 heterocycles. The molecule has 3 aromatic rings. The summed E-state index contributed by atoms with van der Waals surface area (Å²) in [7, 11) is 0. The molecule has 8 heteroatoms. The third-order valence-corrected chi connectivity index (χ3v) is 3.35. The predicted octanol–water partition coefficient (Wildman–Crippen LogP) is 0.179. The number of primary amides is 1. The molecule has 0 bridgehead atoms. The largest absolute Gasteiger partial charge is 0.368 e. The van der Waals surface area contributed by atoms with Crippen molar-refractivity contribution >= 4 is 22.7 Å². The van der Waals surface area contributed by atoms with Gasteiger partial charge in [-0.2, -0.15) is 0 Å². The first-order chi connectivity index (χ1) is 11.1. The quantitative estimate of drug-likeness (QED) is 0.619. The molecule has 23 heavy (non-hydrogen) atoms. The number of aromatic amines is 1. The number of rotatable bonds is 5. The van der Waals surface area contributed by atoms with Crippen LogP contribution in [-0.4, -0.2) is 37.8 Å². The predicted molar refractivity (Wildman–Crippen MR) is 82.3 cm³/mol. The molecule has 0 aliphatic carbocycles. The summed E-state index contributed by atoms with van der Waals surface area (Å²) in [4.78, 5) is 38.8. The fourth-order valence-corrected chi connectivity index (χ4v) is 2.16. The molecular weight excluding hydrogens is 296 g/mol. The lowest BCUT2D eigenvalue weighted by Gasteiger charge is -2.14. The average Bonchev–Trinajstić information content (AvgIpc) is 3.06. The Morgan fingerprint density at radius 1 is 1.22 bits per heavy atom. The molecule has 1 atom stereocenters. The summed E-state index contributed by atoms with van der Waals surface area (Å²) in [6.45, 7) is 0. The zero-order chi connectivity index (χ0) is 16.2. The monoisotopic (exact) mass is 310 g/mol. The van der Waals surface area contributed by atoms with E-state index >= 15 is 0 Å². The van der Waals surface area contributed by atoms with Crippen LogP contribution in [0.15, 0.2) is 43.1 Å². The van der Waals surface area contributed by atoms with Crippen molar-refractivity contribution in [3.05, 3.63) is 54.5 Å². The van der Waals surface area contributed by atoms with Gasteiger partial charge in [0, 0.05) is 36.1 Å². The number of nitrogens with one attached hydrogen (secondary N) is 2. The van der Waals surface area contributed by atoms with E-state index in [0.717, 1.165) is 5.39 Å². The molecule has 3 aromatic heterocycles. The van der Waals surface area contributed by atoms with E-state index in [9.17, 15) is 9.59 Å². The summed E-state index contributed by atoms with van der Waals surface area (Å²) in [6.07, 6.45) is 6.56. The number of aromatic nitrogens is 4. The minimum atomic E-state index is -0.849. The molecule has 2 amide bonds. The maximum Gasteiger partial charge on any atom is 0.270 e. The maximum absolute atomic E-state index is 12.3. The Kier molecular flexibility index (Phi) is 3.96. The van der Waals surface area contributed by atoms with Crippen molar-refractivity contribution in [3.63, 3.8) is 0 Å². The Balaban J connectivity index is 1.78. The number of carbonyl (C=O) groups excluding carboxylic acids is 2. The SMILES string of the molecule is NC(=O)[C@@H](Cc1cnc[nH]1)NC(=O)c1ccc2cnccc2n1. The highest BCUT2D eigenvalue weighted by Crippen LogP contribution is 2.10. The number of H-pyrrole nitrogens is 1. The first-order valence-corrected chi connectivity index (χ1v) is 6.91. The van der Waals surface area contributed by atoms with E-state index in [4.69, 9.17) is 5.73 Å². The fraction of sp³-hybridized carbons (Fsp3) is 0.133. The van der Waals surface area contributed by atoms with Crippen molar-refractivity contribution in [1.82, 2.24) is 25.3 Å². The standard InChI is InChI=1S/C15H14N6O2/c16-14(22)13(5-10-7-18-8-19-10)21-15(23)12-2-1-9-6-17-4-3-11(9)20-12/h1-4,6-8,13H,5H2,(H2,16,22)(H,18,19)(H,21,23)/t13-/m1/s1. The van der Waals surface area contributed by atoms with Crippen molar-refractivity contribution in [2.75, 3.05) is 0 Å². The molecule has 0 saturated heterocycles. The molecule has 0 fully saturated rings. The Bertz CT molecular complexity index is 846. The summed E-state index contributed by atoms with van der Waals surface area (Å²) < 4.78 is 0. The Labute approximate surface area is 131 Å². The van der Waals surface area contributed by atoms with Gasteiger partial charge in [-0.3, -0.25) is 14.6 Å². The van der Waals surface area contributed by atoms with Gasteiger partial charge in [0.15, 0.2) is 0 Å². The molecule has 0 spiro atoms. The summed E-state index contributed by atoms with van der Waals surface area (Å²) in [6, 6.07) is 4.19. The number of nitrogens with two attached hydrogens (primary N) is 1. The van der Waals surface area contributed by atoms with E-state index in [1.54, 1.807) is 36.8 Å². The second kappa shape index (κ2) is 6.22. The lowest BCUT2D eigenvalue weighted by atomic mass is 10.1. The minimum absolute atomic E-state index is 0.208. The van der Waals surface area contributed by atoms with E-state index in [1.165, 1.54) is 6.33 Å². The van der Waals surface area contributed by atoms with Crippen LogP contribution in [0, 0.1) is 0 Å². The van der Waals surface area contributed by atoms with E-state index in [0.29, 0.717) is 11.2 Å². The Morgan fingerprint density at radius 2 is 2.09 bits per heavy atom. The van der Waals surface area contributed by atoms with Crippen LogP contribution in [0.4, 0.5) is 0 Å². The van der Waals surface area contributed by atoms with Crippen LogP contribution in [-0.2, 0) is 11.2 Å². The summed E-state index contributed by atoms with van der Waals surface area (Å²) in [5, 5.41) is 3.42. The van der Waals surface area contributed by atoms with Crippen LogP contribution >= 0.6 is 0 Å². The fourth-order valence-electron chi connectivity index (χ4n) is 2.16. The molecule has 0 saturated carbocycles. The van der Waals surface area contributed by atoms with Gasteiger partial charge >= 0.3 is 0 Å². The summed E-state index contributed by atoms with van der Waals surface area (Å²) in [5.74, 6) is -1.09. The zero-order valence-corrected chi connectivity index (χ0v) is 12.1. The van der Waals surface area contributed by atoms with Crippen LogP contribution in [0.25, 0.3) is 10.9 Å². The Hall–Kier alpha value is -3.29. The van der Waals surface area contributed by atoms with Gasteiger partial charge in [0.2, 0.25) is 5.91 Å². The molecule has 0 unspecified atom stereocenters. The van der Waals surface area contributed by atoms with Gasteiger partial charge in [-0.05, 0) is 18.2 Å². The Morgan fingerprint density at radius 3 is 2.83 bits per heavy atom. The van der Waals surface area contributed by atoms with Gasteiger partial charge in [0.25, 0.3) is 5.91 Å². The van der Waals surface area contributed by atoms with Crippen LogP contribution in [0.3, 0.4) is 0 Å². The van der Waals surface area contributed by atoms with Crippen LogP contribution in [0.5, 0.6) is 0 Å². The van der Waals surface area contributed by atoms with Gasteiger partial charge in [0.1, 0.15) is 11.7 Å². The smallest absolute Gasteiger partial charge is 0.270 e. The van der Waals surface area contributed by atoms with E-state index in [2.05, 4.69) is 25.3 Å². The van der Waals surface area contributed by atoms with Crippen molar-refractivity contribution in [1.29, 1.82) is 0 Å².